The van der Waals surface area contributed by atoms with Gasteiger partial charge >= 0.3 is 0 Å². The Morgan fingerprint density at radius 2 is 1.93 bits per heavy atom. The molecule has 0 saturated carbocycles. The van der Waals surface area contributed by atoms with Gasteiger partial charge in [-0.15, -0.1) is 0 Å². The molecule has 1 aromatic carbocycles. The van der Waals surface area contributed by atoms with Gasteiger partial charge in [0.2, 0.25) is 0 Å². The van der Waals surface area contributed by atoms with Crippen LogP contribution < -0.4 is 4.90 Å². The molecule has 0 N–H and O–H groups in total. The quantitative estimate of drug-likeness (QED) is 0.782. The molecule has 29 heavy (non-hydrogen) atoms. The number of rotatable bonds is 2. The number of hydrogen-bond donors (Lipinski definition) is 0. The van der Waals surface area contributed by atoms with Crippen LogP contribution in [-0.2, 0) is 9.53 Å². The van der Waals surface area contributed by atoms with Crippen LogP contribution in [-0.4, -0.2) is 53.5 Å². The van der Waals surface area contributed by atoms with E-state index in [4.69, 9.17) is 4.74 Å². The van der Waals surface area contributed by atoms with Gasteiger partial charge in [0.1, 0.15) is 18.1 Å². The summed E-state index contributed by atoms with van der Waals surface area (Å²) in [4.78, 5) is 33.1. The topological polar surface area (TPSA) is 62.7 Å². The molecule has 2 amide bonds. The van der Waals surface area contributed by atoms with Crippen molar-refractivity contribution in [3.8, 4) is 0 Å². The van der Waals surface area contributed by atoms with E-state index in [9.17, 15) is 14.0 Å². The number of pyridine rings is 1. The van der Waals surface area contributed by atoms with Gasteiger partial charge in [0.05, 0.1) is 12.1 Å². The third-order valence-electron chi connectivity index (χ3n) is 5.68. The summed E-state index contributed by atoms with van der Waals surface area (Å²) < 4.78 is 19.3. The average Bonchev–Trinajstić information content (AvgIpc) is 2.93. The Balaban J connectivity index is 1.48. The third kappa shape index (κ3) is 4.15. The van der Waals surface area contributed by atoms with Crippen molar-refractivity contribution < 1.29 is 18.7 Å². The number of halogens is 1. The summed E-state index contributed by atoms with van der Waals surface area (Å²) in [5.41, 5.74) is 1.43. The maximum absolute atomic E-state index is 13.3. The molecule has 152 valence electrons. The van der Waals surface area contributed by atoms with Crippen LogP contribution in [0.2, 0.25) is 0 Å². The fourth-order valence-corrected chi connectivity index (χ4v) is 4.07. The number of ether oxygens (including phenoxy) is 1. The highest BCUT2D eigenvalue weighted by Gasteiger charge is 2.42. The number of aryl methyl sites for hydroxylation is 1. The van der Waals surface area contributed by atoms with E-state index < -0.39 is 5.60 Å². The molecule has 1 aromatic heterocycles. The molecule has 0 radical (unpaired) electrons. The van der Waals surface area contributed by atoms with Crippen LogP contribution in [0.1, 0.15) is 35.4 Å². The van der Waals surface area contributed by atoms with E-state index in [0.717, 1.165) is 18.5 Å². The van der Waals surface area contributed by atoms with Crippen LogP contribution in [0.4, 0.5) is 10.1 Å². The fourth-order valence-electron chi connectivity index (χ4n) is 4.07. The Hall–Kier alpha value is -2.80. The normalized spacial score (nSPS) is 22.6. The molecular weight excluding hydrogens is 373 g/mol. The third-order valence-corrected chi connectivity index (χ3v) is 5.68. The smallest absolute Gasteiger partial charge is 0.272 e. The number of morpholine rings is 1. The van der Waals surface area contributed by atoms with Gasteiger partial charge in [-0.2, -0.15) is 0 Å². The standard InChI is InChI=1S/C22H24FN3O3/c1-16-4-2-5-19(24-16)21(28)25-12-3-10-22(11-13-25)15-26(20(27)14-29-22)18-8-6-17(23)7-9-18/h2,4-9H,3,10-15H2,1H3. The average molecular weight is 397 g/mol. The first-order valence-electron chi connectivity index (χ1n) is 9.89. The summed E-state index contributed by atoms with van der Waals surface area (Å²) in [5, 5.41) is 0. The number of aromatic nitrogens is 1. The molecule has 0 bridgehead atoms. The Bertz CT molecular complexity index is 918. The highest BCUT2D eigenvalue weighted by atomic mass is 19.1. The Labute approximate surface area is 169 Å². The lowest BCUT2D eigenvalue weighted by atomic mass is 9.92. The molecule has 2 aromatic rings. The maximum Gasteiger partial charge on any atom is 0.272 e. The maximum atomic E-state index is 13.3. The van der Waals surface area contributed by atoms with Crippen LogP contribution in [0, 0.1) is 12.7 Å². The van der Waals surface area contributed by atoms with Crippen molar-refractivity contribution in [2.75, 3.05) is 31.1 Å². The number of amides is 2. The number of benzene rings is 1. The molecular formula is C22H24FN3O3. The molecule has 7 heteroatoms. The van der Waals surface area contributed by atoms with E-state index in [0.29, 0.717) is 37.4 Å². The zero-order chi connectivity index (χ0) is 20.4. The zero-order valence-corrected chi connectivity index (χ0v) is 16.4. The highest BCUT2D eigenvalue weighted by molar-refractivity contribution is 5.95. The SMILES string of the molecule is Cc1cccc(C(=O)N2CCCC3(CC2)CN(c2ccc(F)cc2)C(=O)CO3)n1. The van der Waals surface area contributed by atoms with E-state index in [-0.39, 0.29) is 24.2 Å². The minimum atomic E-state index is -0.503. The molecule has 2 saturated heterocycles. The molecule has 2 aliphatic rings. The van der Waals surface area contributed by atoms with E-state index >= 15 is 0 Å². The van der Waals surface area contributed by atoms with Crippen LogP contribution in [0.3, 0.4) is 0 Å². The number of hydrogen-bond acceptors (Lipinski definition) is 4. The van der Waals surface area contributed by atoms with E-state index in [1.165, 1.54) is 12.1 Å². The minimum Gasteiger partial charge on any atom is -0.363 e. The highest BCUT2D eigenvalue weighted by Crippen LogP contribution is 2.33. The summed E-state index contributed by atoms with van der Waals surface area (Å²) in [6, 6.07) is 11.4. The lowest BCUT2D eigenvalue weighted by Gasteiger charge is -2.42. The lowest BCUT2D eigenvalue weighted by molar-refractivity contribution is -0.140. The number of likely N-dealkylation sites (tertiary alicyclic amines) is 1. The Morgan fingerprint density at radius 1 is 1.14 bits per heavy atom. The summed E-state index contributed by atoms with van der Waals surface area (Å²) in [6.45, 7) is 3.43. The number of carbonyl (C=O) groups is 2. The van der Waals surface area contributed by atoms with Gasteiger partial charge in [-0.1, -0.05) is 6.07 Å². The van der Waals surface area contributed by atoms with E-state index in [2.05, 4.69) is 4.98 Å². The van der Waals surface area contributed by atoms with Crippen molar-refractivity contribution in [3.05, 3.63) is 59.7 Å². The number of nitrogens with zero attached hydrogens (tertiary/aromatic N) is 3. The predicted molar refractivity (Wildman–Crippen MR) is 106 cm³/mol. The molecule has 1 spiro atoms. The first-order chi connectivity index (χ1) is 14.0. The van der Waals surface area contributed by atoms with Gasteiger partial charge in [-0.25, -0.2) is 9.37 Å². The van der Waals surface area contributed by atoms with Crippen molar-refractivity contribution in [1.29, 1.82) is 0 Å². The Morgan fingerprint density at radius 3 is 2.69 bits per heavy atom. The van der Waals surface area contributed by atoms with Crippen molar-refractivity contribution in [3.63, 3.8) is 0 Å². The van der Waals surface area contributed by atoms with Gasteiger partial charge in [-0.05, 0) is 62.6 Å². The summed E-state index contributed by atoms with van der Waals surface area (Å²) in [5.74, 6) is -0.547. The largest absolute Gasteiger partial charge is 0.363 e. The summed E-state index contributed by atoms with van der Waals surface area (Å²) in [7, 11) is 0. The first-order valence-corrected chi connectivity index (χ1v) is 9.89. The van der Waals surface area contributed by atoms with Crippen molar-refractivity contribution in [2.45, 2.75) is 31.8 Å². The molecule has 0 aliphatic carbocycles. The van der Waals surface area contributed by atoms with Crippen LogP contribution in [0.25, 0.3) is 0 Å². The molecule has 2 fully saturated rings. The second kappa shape index (κ2) is 7.91. The van der Waals surface area contributed by atoms with Gasteiger partial charge in [0.25, 0.3) is 11.8 Å². The molecule has 1 atom stereocenters. The molecule has 1 unspecified atom stereocenters. The van der Waals surface area contributed by atoms with Gasteiger partial charge in [0, 0.05) is 24.5 Å². The van der Waals surface area contributed by atoms with Crippen molar-refractivity contribution in [2.24, 2.45) is 0 Å². The molecule has 3 heterocycles. The number of anilines is 1. The molecule has 2 aliphatic heterocycles. The van der Waals surface area contributed by atoms with E-state index in [1.807, 2.05) is 24.0 Å². The monoisotopic (exact) mass is 397 g/mol. The molecule has 4 rings (SSSR count). The second-order valence-electron chi connectivity index (χ2n) is 7.74. The van der Waals surface area contributed by atoms with Crippen molar-refractivity contribution in [1.82, 2.24) is 9.88 Å². The molecule has 6 nitrogen and oxygen atoms in total. The Kier molecular flexibility index (Phi) is 5.32. The zero-order valence-electron chi connectivity index (χ0n) is 16.4. The predicted octanol–water partition coefficient (Wildman–Crippen LogP) is 2.96. The van der Waals surface area contributed by atoms with Gasteiger partial charge in [0.15, 0.2) is 0 Å². The van der Waals surface area contributed by atoms with Crippen molar-refractivity contribution >= 4 is 17.5 Å². The summed E-state index contributed by atoms with van der Waals surface area (Å²) in [6.07, 6.45) is 2.17. The first kappa shape index (κ1) is 19.5. The van der Waals surface area contributed by atoms with Crippen LogP contribution >= 0.6 is 0 Å². The van der Waals surface area contributed by atoms with Crippen LogP contribution in [0.15, 0.2) is 42.5 Å². The second-order valence-corrected chi connectivity index (χ2v) is 7.74. The van der Waals surface area contributed by atoms with E-state index in [1.54, 1.807) is 23.1 Å². The number of carbonyl (C=O) groups excluding carboxylic acids is 2. The van der Waals surface area contributed by atoms with Crippen LogP contribution in [0.5, 0.6) is 0 Å². The lowest BCUT2D eigenvalue weighted by Crippen LogP contribution is -2.55. The fraction of sp³-hybridized carbons (Fsp3) is 0.409. The van der Waals surface area contributed by atoms with Gasteiger partial charge < -0.3 is 14.5 Å². The summed E-state index contributed by atoms with van der Waals surface area (Å²) >= 11 is 0. The minimum absolute atomic E-state index is 0.00917. The van der Waals surface area contributed by atoms with Gasteiger partial charge in [-0.3, -0.25) is 9.59 Å².